The molecule has 0 aliphatic heterocycles. The third-order valence-corrected chi connectivity index (χ3v) is 3.05. The molecule has 0 fully saturated rings. The summed E-state index contributed by atoms with van der Waals surface area (Å²) < 4.78 is 7.08. The van der Waals surface area contributed by atoms with Crippen LogP contribution in [0.4, 0.5) is 0 Å². The van der Waals surface area contributed by atoms with Crippen molar-refractivity contribution in [3.63, 3.8) is 0 Å². The van der Waals surface area contributed by atoms with Crippen molar-refractivity contribution in [2.45, 2.75) is 27.0 Å². The molecule has 0 amide bonds. The van der Waals surface area contributed by atoms with Gasteiger partial charge in [-0.25, -0.2) is 4.98 Å². The Hall–Kier alpha value is -1.88. The molecule has 0 unspecified atom stereocenters. The van der Waals surface area contributed by atoms with Gasteiger partial charge in [0.1, 0.15) is 0 Å². The monoisotopic (exact) mass is 247 g/mol. The van der Waals surface area contributed by atoms with Gasteiger partial charge in [-0.2, -0.15) is 5.10 Å². The van der Waals surface area contributed by atoms with Crippen molar-refractivity contribution in [3.05, 3.63) is 40.8 Å². The molecule has 1 N–H and O–H groups in total. The van der Waals surface area contributed by atoms with Crippen molar-refractivity contribution in [3.8, 4) is 5.88 Å². The van der Waals surface area contributed by atoms with Gasteiger partial charge in [0, 0.05) is 23.0 Å². The summed E-state index contributed by atoms with van der Waals surface area (Å²) >= 11 is 0. The Morgan fingerprint density at radius 3 is 2.78 bits per heavy atom. The van der Waals surface area contributed by atoms with E-state index < -0.39 is 0 Å². The molecular formula is C13H17N3O2. The number of aromatic nitrogens is 3. The van der Waals surface area contributed by atoms with Crippen LogP contribution in [-0.4, -0.2) is 27.0 Å². The fraction of sp³-hybridized carbons (Fsp3) is 0.385. The third kappa shape index (κ3) is 2.22. The van der Waals surface area contributed by atoms with Crippen LogP contribution in [0, 0.1) is 13.8 Å². The Kier molecular flexibility index (Phi) is 3.62. The van der Waals surface area contributed by atoms with Crippen molar-refractivity contribution in [1.29, 1.82) is 0 Å². The van der Waals surface area contributed by atoms with Gasteiger partial charge in [-0.1, -0.05) is 6.07 Å². The van der Waals surface area contributed by atoms with Crippen LogP contribution in [0.25, 0.3) is 0 Å². The molecule has 5 heteroatoms. The fourth-order valence-electron chi connectivity index (χ4n) is 2.01. The van der Waals surface area contributed by atoms with Crippen LogP contribution in [0.3, 0.4) is 0 Å². The van der Waals surface area contributed by atoms with Gasteiger partial charge in [-0.3, -0.25) is 4.68 Å². The van der Waals surface area contributed by atoms with Crippen LogP contribution in [0.2, 0.25) is 0 Å². The summed E-state index contributed by atoms with van der Waals surface area (Å²) in [5, 5.41) is 13.7. The first kappa shape index (κ1) is 12.6. The number of pyridine rings is 1. The largest absolute Gasteiger partial charge is 0.481 e. The molecule has 18 heavy (non-hydrogen) atoms. The highest BCUT2D eigenvalue weighted by Gasteiger charge is 2.12. The van der Waals surface area contributed by atoms with Gasteiger partial charge < -0.3 is 9.84 Å². The lowest BCUT2D eigenvalue weighted by molar-refractivity contribution is 0.280. The maximum Gasteiger partial charge on any atom is 0.218 e. The Morgan fingerprint density at radius 1 is 1.39 bits per heavy atom. The van der Waals surface area contributed by atoms with E-state index in [2.05, 4.69) is 10.1 Å². The standard InChI is InChI=1S/C13H17N3O2/c1-9-12(8-17)10(2)16(15-9)7-11-5-4-6-14-13(11)18-3/h4-6,17H,7-8H2,1-3H3. The fourth-order valence-corrected chi connectivity index (χ4v) is 2.01. The van der Waals surface area contributed by atoms with Crippen LogP contribution >= 0.6 is 0 Å². The van der Waals surface area contributed by atoms with Gasteiger partial charge in [0.25, 0.3) is 0 Å². The summed E-state index contributed by atoms with van der Waals surface area (Å²) in [6.45, 7) is 4.45. The molecule has 96 valence electrons. The molecule has 0 saturated heterocycles. The van der Waals surface area contributed by atoms with Crippen molar-refractivity contribution in [1.82, 2.24) is 14.8 Å². The number of hydrogen-bond donors (Lipinski definition) is 1. The molecule has 2 heterocycles. The number of methoxy groups -OCH3 is 1. The van der Waals surface area contributed by atoms with Crippen molar-refractivity contribution in [2.75, 3.05) is 7.11 Å². The van der Waals surface area contributed by atoms with Crippen LogP contribution in [-0.2, 0) is 13.2 Å². The van der Waals surface area contributed by atoms with Crippen LogP contribution in [0.1, 0.15) is 22.5 Å². The highest BCUT2D eigenvalue weighted by Crippen LogP contribution is 2.18. The molecule has 0 aliphatic rings. The molecule has 2 aromatic rings. The lowest BCUT2D eigenvalue weighted by atomic mass is 10.2. The summed E-state index contributed by atoms with van der Waals surface area (Å²) in [6, 6.07) is 3.83. The van der Waals surface area contributed by atoms with E-state index in [1.165, 1.54) is 0 Å². The highest BCUT2D eigenvalue weighted by molar-refractivity contribution is 5.28. The number of aryl methyl sites for hydroxylation is 1. The van der Waals surface area contributed by atoms with Gasteiger partial charge >= 0.3 is 0 Å². The minimum absolute atomic E-state index is 0.0157. The van der Waals surface area contributed by atoms with Gasteiger partial charge in [-0.05, 0) is 19.9 Å². The van der Waals surface area contributed by atoms with E-state index in [1.54, 1.807) is 13.3 Å². The molecular weight excluding hydrogens is 230 g/mol. The van der Waals surface area contributed by atoms with Crippen LogP contribution < -0.4 is 4.74 Å². The lowest BCUT2D eigenvalue weighted by Gasteiger charge is -2.08. The van der Waals surface area contributed by atoms with E-state index in [9.17, 15) is 5.11 Å². The molecule has 0 aromatic carbocycles. The maximum absolute atomic E-state index is 9.29. The van der Waals surface area contributed by atoms with E-state index in [4.69, 9.17) is 4.74 Å². The number of aliphatic hydroxyl groups is 1. The zero-order valence-corrected chi connectivity index (χ0v) is 10.8. The second-order valence-corrected chi connectivity index (χ2v) is 4.14. The zero-order chi connectivity index (χ0) is 13.1. The average Bonchev–Trinajstić information content (AvgIpc) is 2.65. The Labute approximate surface area is 106 Å². The SMILES string of the molecule is COc1ncccc1Cn1nc(C)c(CO)c1C. The predicted molar refractivity (Wildman–Crippen MR) is 67.5 cm³/mol. The topological polar surface area (TPSA) is 60.2 Å². The maximum atomic E-state index is 9.29. The van der Waals surface area contributed by atoms with Gasteiger partial charge in [-0.15, -0.1) is 0 Å². The molecule has 2 rings (SSSR count). The zero-order valence-electron chi connectivity index (χ0n) is 10.8. The highest BCUT2D eigenvalue weighted by atomic mass is 16.5. The molecule has 0 aliphatic carbocycles. The second kappa shape index (κ2) is 5.18. The number of nitrogens with zero attached hydrogens (tertiary/aromatic N) is 3. The second-order valence-electron chi connectivity index (χ2n) is 4.14. The number of aliphatic hydroxyl groups excluding tert-OH is 1. The Morgan fingerprint density at radius 2 is 2.17 bits per heavy atom. The van der Waals surface area contributed by atoms with E-state index in [0.29, 0.717) is 12.4 Å². The summed E-state index contributed by atoms with van der Waals surface area (Å²) in [5.74, 6) is 0.607. The molecule has 0 bridgehead atoms. The minimum Gasteiger partial charge on any atom is -0.481 e. The predicted octanol–water partition coefficient (Wildman–Crippen LogP) is 1.44. The van der Waals surface area contributed by atoms with E-state index in [0.717, 1.165) is 22.5 Å². The normalized spacial score (nSPS) is 10.7. The lowest BCUT2D eigenvalue weighted by Crippen LogP contribution is -2.06. The van der Waals surface area contributed by atoms with Crippen molar-refractivity contribution in [2.24, 2.45) is 0 Å². The molecule has 0 atom stereocenters. The summed E-state index contributed by atoms with van der Waals surface area (Å²) in [6.07, 6.45) is 1.70. The summed E-state index contributed by atoms with van der Waals surface area (Å²) in [7, 11) is 1.60. The number of ether oxygens (including phenoxy) is 1. The molecule has 0 radical (unpaired) electrons. The van der Waals surface area contributed by atoms with E-state index in [1.807, 2.05) is 30.7 Å². The summed E-state index contributed by atoms with van der Waals surface area (Å²) in [4.78, 5) is 4.16. The van der Waals surface area contributed by atoms with E-state index >= 15 is 0 Å². The van der Waals surface area contributed by atoms with Gasteiger partial charge in [0.15, 0.2) is 0 Å². The first-order valence-corrected chi connectivity index (χ1v) is 5.79. The summed E-state index contributed by atoms with van der Waals surface area (Å²) in [5.41, 5.74) is 3.69. The van der Waals surface area contributed by atoms with Gasteiger partial charge in [0.05, 0.1) is 26.0 Å². The minimum atomic E-state index is 0.0157. The van der Waals surface area contributed by atoms with Crippen LogP contribution in [0.15, 0.2) is 18.3 Å². The van der Waals surface area contributed by atoms with Crippen LogP contribution in [0.5, 0.6) is 5.88 Å². The van der Waals surface area contributed by atoms with Crippen molar-refractivity contribution >= 4 is 0 Å². The molecule has 0 saturated carbocycles. The molecule has 0 spiro atoms. The smallest absolute Gasteiger partial charge is 0.218 e. The molecule has 5 nitrogen and oxygen atoms in total. The van der Waals surface area contributed by atoms with E-state index in [-0.39, 0.29) is 6.61 Å². The number of rotatable bonds is 4. The first-order valence-electron chi connectivity index (χ1n) is 5.79. The Bertz CT molecular complexity index is 549. The number of hydrogen-bond acceptors (Lipinski definition) is 4. The quantitative estimate of drug-likeness (QED) is 0.888. The first-order chi connectivity index (χ1) is 8.67. The Balaban J connectivity index is 2.34. The van der Waals surface area contributed by atoms with Gasteiger partial charge in [0.2, 0.25) is 5.88 Å². The average molecular weight is 247 g/mol. The molecule has 2 aromatic heterocycles. The van der Waals surface area contributed by atoms with Crippen molar-refractivity contribution < 1.29 is 9.84 Å². The third-order valence-electron chi connectivity index (χ3n) is 3.05.